The number of hydrogen-bond acceptors (Lipinski definition) is 2. The number of rotatable bonds is 8. The molecule has 0 aliphatic carbocycles. The second kappa shape index (κ2) is 9.28. The lowest BCUT2D eigenvalue weighted by Gasteiger charge is -2.20. The molecule has 0 aromatic carbocycles. The van der Waals surface area contributed by atoms with E-state index in [4.69, 9.17) is 0 Å². The predicted octanol–water partition coefficient (Wildman–Crippen LogP) is 2.13. The maximum absolute atomic E-state index is 11.4. The van der Waals surface area contributed by atoms with Crippen LogP contribution in [0.2, 0.25) is 0 Å². The molecule has 4 nitrogen and oxygen atoms in total. The van der Waals surface area contributed by atoms with Crippen molar-refractivity contribution in [3.63, 3.8) is 0 Å². The predicted molar refractivity (Wildman–Crippen MR) is 70.9 cm³/mol. The molecule has 2 amide bonds. The van der Waals surface area contributed by atoms with E-state index in [-0.39, 0.29) is 11.9 Å². The number of urea groups is 1. The maximum Gasteiger partial charge on any atom is 0.314 e. The summed E-state index contributed by atoms with van der Waals surface area (Å²) in [7, 11) is 0. The molecule has 0 aromatic heterocycles. The molecular formula is C13H28N2O2. The average molecular weight is 244 g/mol. The van der Waals surface area contributed by atoms with Crippen molar-refractivity contribution in [2.45, 2.75) is 53.1 Å². The molecule has 4 heteroatoms. The number of carbonyl (C=O) groups is 1. The van der Waals surface area contributed by atoms with Crippen LogP contribution in [0.1, 0.15) is 47.0 Å². The molecule has 0 aromatic rings. The quantitative estimate of drug-likeness (QED) is 0.612. The van der Waals surface area contributed by atoms with Crippen molar-refractivity contribution in [3.8, 4) is 0 Å². The van der Waals surface area contributed by atoms with Crippen LogP contribution in [0.4, 0.5) is 4.79 Å². The van der Waals surface area contributed by atoms with E-state index in [9.17, 15) is 9.90 Å². The van der Waals surface area contributed by atoms with E-state index in [1.54, 1.807) is 0 Å². The van der Waals surface area contributed by atoms with Crippen LogP contribution in [0, 0.1) is 11.8 Å². The van der Waals surface area contributed by atoms with E-state index in [1.165, 1.54) is 0 Å². The molecular weight excluding hydrogens is 216 g/mol. The minimum Gasteiger partial charge on any atom is -0.391 e. The first kappa shape index (κ1) is 16.2. The molecule has 0 aliphatic rings. The summed E-state index contributed by atoms with van der Waals surface area (Å²) in [5.74, 6) is 0.858. The molecule has 0 radical (unpaired) electrons. The average Bonchev–Trinajstić information content (AvgIpc) is 2.27. The molecule has 0 rings (SSSR count). The lowest BCUT2D eigenvalue weighted by atomic mass is 9.97. The molecule has 102 valence electrons. The zero-order valence-corrected chi connectivity index (χ0v) is 11.6. The molecule has 0 aliphatic heterocycles. The van der Waals surface area contributed by atoms with Gasteiger partial charge >= 0.3 is 6.03 Å². The third kappa shape index (κ3) is 8.02. The first-order valence-electron chi connectivity index (χ1n) is 6.70. The van der Waals surface area contributed by atoms with Gasteiger partial charge in [-0.1, -0.05) is 40.5 Å². The number of amides is 2. The van der Waals surface area contributed by atoms with Crippen molar-refractivity contribution in [2.75, 3.05) is 13.1 Å². The second-order valence-corrected chi connectivity index (χ2v) is 4.96. The number of carbonyl (C=O) groups excluding carboxylic acids is 1. The lowest BCUT2D eigenvalue weighted by Crippen LogP contribution is -2.42. The van der Waals surface area contributed by atoms with E-state index in [2.05, 4.69) is 38.3 Å². The van der Waals surface area contributed by atoms with Crippen molar-refractivity contribution < 1.29 is 9.90 Å². The fourth-order valence-corrected chi connectivity index (χ4v) is 1.73. The van der Waals surface area contributed by atoms with Gasteiger partial charge in [-0.25, -0.2) is 4.79 Å². The van der Waals surface area contributed by atoms with E-state index in [0.717, 1.165) is 19.3 Å². The van der Waals surface area contributed by atoms with Crippen LogP contribution in [0.15, 0.2) is 0 Å². The Morgan fingerprint density at radius 1 is 1.18 bits per heavy atom. The van der Waals surface area contributed by atoms with Crippen LogP contribution in [-0.4, -0.2) is 30.3 Å². The standard InChI is InChI=1S/C13H28N2O2/c1-5-11(6-2)12(16)9-15-13(17)14-8-7-10(3)4/h10-12,16H,5-9H2,1-4H3,(H2,14,15,17). The Morgan fingerprint density at radius 3 is 2.24 bits per heavy atom. The third-order valence-electron chi connectivity index (χ3n) is 3.07. The summed E-state index contributed by atoms with van der Waals surface area (Å²) in [6.45, 7) is 9.37. The summed E-state index contributed by atoms with van der Waals surface area (Å²) < 4.78 is 0. The molecule has 3 N–H and O–H groups in total. The van der Waals surface area contributed by atoms with Crippen molar-refractivity contribution in [1.29, 1.82) is 0 Å². The van der Waals surface area contributed by atoms with Gasteiger partial charge in [0, 0.05) is 13.1 Å². The lowest BCUT2D eigenvalue weighted by molar-refractivity contribution is 0.103. The van der Waals surface area contributed by atoms with Gasteiger partial charge in [0.05, 0.1) is 6.10 Å². The van der Waals surface area contributed by atoms with E-state index in [1.807, 2.05) is 0 Å². The van der Waals surface area contributed by atoms with Crippen LogP contribution in [0.25, 0.3) is 0 Å². The van der Waals surface area contributed by atoms with Crippen LogP contribution < -0.4 is 10.6 Å². The molecule has 1 atom stereocenters. The summed E-state index contributed by atoms with van der Waals surface area (Å²) in [6, 6.07) is -0.185. The number of aliphatic hydroxyl groups excluding tert-OH is 1. The van der Waals surface area contributed by atoms with Crippen LogP contribution in [0.5, 0.6) is 0 Å². The SMILES string of the molecule is CCC(CC)C(O)CNC(=O)NCCC(C)C. The van der Waals surface area contributed by atoms with Crippen molar-refractivity contribution >= 4 is 6.03 Å². The second-order valence-electron chi connectivity index (χ2n) is 4.96. The molecule has 0 saturated heterocycles. The van der Waals surface area contributed by atoms with Crippen LogP contribution >= 0.6 is 0 Å². The summed E-state index contributed by atoms with van der Waals surface area (Å²) in [4.78, 5) is 11.4. The first-order chi connectivity index (χ1) is 8.01. The Morgan fingerprint density at radius 2 is 1.76 bits per heavy atom. The van der Waals surface area contributed by atoms with Gasteiger partial charge in [-0.2, -0.15) is 0 Å². The number of aliphatic hydroxyl groups is 1. The summed E-state index contributed by atoms with van der Waals surface area (Å²) in [6.07, 6.45) is 2.41. The molecule has 17 heavy (non-hydrogen) atoms. The highest BCUT2D eigenvalue weighted by atomic mass is 16.3. The smallest absolute Gasteiger partial charge is 0.314 e. The highest BCUT2D eigenvalue weighted by molar-refractivity contribution is 5.73. The number of hydrogen-bond donors (Lipinski definition) is 3. The minimum absolute atomic E-state index is 0.185. The number of nitrogens with one attached hydrogen (secondary N) is 2. The normalized spacial score (nSPS) is 12.9. The van der Waals surface area contributed by atoms with Gasteiger partial charge in [-0.3, -0.25) is 0 Å². The van der Waals surface area contributed by atoms with E-state index < -0.39 is 6.10 Å². The highest BCUT2D eigenvalue weighted by Crippen LogP contribution is 2.11. The van der Waals surface area contributed by atoms with Crippen molar-refractivity contribution in [2.24, 2.45) is 11.8 Å². The fraction of sp³-hybridized carbons (Fsp3) is 0.923. The molecule has 0 saturated carbocycles. The van der Waals surface area contributed by atoms with Gasteiger partial charge in [0.2, 0.25) is 0 Å². The third-order valence-corrected chi connectivity index (χ3v) is 3.07. The zero-order valence-electron chi connectivity index (χ0n) is 11.6. The maximum atomic E-state index is 11.4. The minimum atomic E-state index is -0.444. The summed E-state index contributed by atoms with van der Waals surface area (Å²) >= 11 is 0. The molecule has 1 unspecified atom stereocenters. The van der Waals surface area contributed by atoms with Gasteiger partial charge in [-0.15, -0.1) is 0 Å². The Kier molecular flexibility index (Phi) is 8.86. The van der Waals surface area contributed by atoms with Gasteiger partial charge in [-0.05, 0) is 18.3 Å². The van der Waals surface area contributed by atoms with E-state index >= 15 is 0 Å². The topological polar surface area (TPSA) is 61.4 Å². The van der Waals surface area contributed by atoms with Crippen molar-refractivity contribution in [3.05, 3.63) is 0 Å². The molecule has 0 spiro atoms. The fourth-order valence-electron chi connectivity index (χ4n) is 1.73. The zero-order chi connectivity index (χ0) is 13.3. The highest BCUT2D eigenvalue weighted by Gasteiger charge is 2.15. The van der Waals surface area contributed by atoms with Crippen LogP contribution in [-0.2, 0) is 0 Å². The van der Waals surface area contributed by atoms with Gasteiger partial charge in [0.25, 0.3) is 0 Å². The Balaban J connectivity index is 3.68. The first-order valence-corrected chi connectivity index (χ1v) is 6.70. The summed E-state index contributed by atoms with van der Waals surface area (Å²) in [5, 5.41) is 15.3. The largest absolute Gasteiger partial charge is 0.391 e. The summed E-state index contributed by atoms with van der Waals surface area (Å²) in [5.41, 5.74) is 0. The Hall–Kier alpha value is -0.770. The Labute approximate surface area is 105 Å². The van der Waals surface area contributed by atoms with E-state index in [0.29, 0.717) is 19.0 Å². The monoisotopic (exact) mass is 244 g/mol. The van der Waals surface area contributed by atoms with Gasteiger partial charge < -0.3 is 15.7 Å². The molecule has 0 heterocycles. The van der Waals surface area contributed by atoms with Gasteiger partial charge in [0.1, 0.15) is 0 Å². The van der Waals surface area contributed by atoms with Crippen molar-refractivity contribution in [1.82, 2.24) is 10.6 Å². The van der Waals surface area contributed by atoms with Gasteiger partial charge in [0.15, 0.2) is 0 Å². The van der Waals surface area contributed by atoms with Crippen LogP contribution in [0.3, 0.4) is 0 Å². The molecule has 0 fully saturated rings. The Bertz CT molecular complexity index is 204. The molecule has 0 bridgehead atoms.